The summed E-state index contributed by atoms with van der Waals surface area (Å²) in [5.74, 6) is -3.37. The topological polar surface area (TPSA) is 12.0 Å². The molecule has 0 aliphatic carbocycles. The van der Waals surface area contributed by atoms with Crippen LogP contribution in [0.5, 0.6) is 0 Å². The Morgan fingerprint density at radius 3 is 2.38 bits per heavy atom. The van der Waals surface area contributed by atoms with Crippen molar-refractivity contribution in [1.82, 2.24) is 5.32 Å². The first-order valence-corrected chi connectivity index (χ1v) is 5.46. The number of hydrogen-bond donors (Lipinski definition) is 1. The Balaban J connectivity index is 2.40. The van der Waals surface area contributed by atoms with E-state index in [1.165, 1.54) is 6.92 Å². The fraction of sp³-hybridized carbons (Fsp3) is 0.500. The number of rotatable bonds is 1. The van der Waals surface area contributed by atoms with Crippen LogP contribution < -0.4 is 5.32 Å². The number of halogens is 3. The van der Waals surface area contributed by atoms with Gasteiger partial charge in [-0.05, 0) is 56.0 Å². The Hall–Kier alpha value is -1.03. The summed E-state index contributed by atoms with van der Waals surface area (Å²) in [6.45, 7) is 3.19. The van der Waals surface area contributed by atoms with E-state index in [1.54, 1.807) is 0 Å². The molecule has 0 atom stereocenters. The Morgan fingerprint density at radius 2 is 1.75 bits per heavy atom. The third kappa shape index (κ3) is 1.94. The van der Waals surface area contributed by atoms with Crippen molar-refractivity contribution < 1.29 is 13.2 Å². The molecule has 1 aromatic carbocycles. The van der Waals surface area contributed by atoms with Gasteiger partial charge in [0, 0.05) is 0 Å². The third-order valence-electron chi connectivity index (χ3n) is 3.23. The molecule has 1 nitrogen and oxygen atoms in total. The molecule has 1 aliphatic heterocycles. The van der Waals surface area contributed by atoms with Crippen molar-refractivity contribution in [2.45, 2.75) is 25.7 Å². The van der Waals surface area contributed by atoms with Crippen molar-refractivity contribution in [2.75, 3.05) is 13.1 Å². The minimum Gasteiger partial charge on any atom is -0.317 e. The van der Waals surface area contributed by atoms with Gasteiger partial charge in [-0.3, -0.25) is 0 Å². The normalized spacial score (nSPS) is 17.8. The van der Waals surface area contributed by atoms with Crippen LogP contribution >= 0.6 is 0 Å². The first-order chi connectivity index (χ1) is 7.61. The van der Waals surface area contributed by atoms with E-state index in [0.717, 1.165) is 32.0 Å². The van der Waals surface area contributed by atoms with E-state index in [2.05, 4.69) is 5.32 Å². The minimum absolute atomic E-state index is 0.130. The second-order valence-electron chi connectivity index (χ2n) is 4.22. The molecule has 0 radical (unpaired) electrons. The summed E-state index contributed by atoms with van der Waals surface area (Å²) in [6.07, 6.45) is 1.68. The van der Waals surface area contributed by atoms with Gasteiger partial charge in [0.25, 0.3) is 0 Å². The molecule has 1 fully saturated rings. The van der Waals surface area contributed by atoms with Gasteiger partial charge in [0.05, 0.1) is 0 Å². The van der Waals surface area contributed by atoms with Crippen molar-refractivity contribution >= 4 is 0 Å². The maximum atomic E-state index is 13.4. The largest absolute Gasteiger partial charge is 0.317 e. The lowest BCUT2D eigenvalue weighted by molar-refractivity contribution is 0.425. The summed E-state index contributed by atoms with van der Waals surface area (Å²) in [7, 11) is 0. The van der Waals surface area contributed by atoms with E-state index in [1.807, 2.05) is 0 Å². The molecule has 4 heteroatoms. The molecule has 0 amide bonds. The van der Waals surface area contributed by atoms with Crippen molar-refractivity contribution in [3.63, 3.8) is 0 Å². The molecule has 1 saturated heterocycles. The van der Waals surface area contributed by atoms with Gasteiger partial charge in [0.2, 0.25) is 0 Å². The summed E-state index contributed by atoms with van der Waals surface area (Å²) in [4.78, 5) is 0. The quantitative estimate of drug-likeness (QED) is 0.730. The Morgan fingerprint density at radius 1 is 1.12 bits per heavy atom. The van der Waals surface area contributed by atoms with E-state index >= 15 is 0 Å². The highest BCUT2D eigenvalue weighted by molar-refractivity contribution is 5.32. The van der Waals surface area contributed by atoms with Crippen molar-refractivity contribution in [1.29, 1.82) is 0 Å². The van der Waals surface area contributed by atoms with Gasteiger partial charge in [-0.15, -0.1) is 0 Å². The molecule has 1 aromatic rings. The highest BCUT2D eigenvalue weighted by Crippen LogP contribution is 2.31. The molecule has 16 heavy (non-hydrogen) atoms. The van der Waals surface area contributed by atoms with Crippen molar-refractivity contribution in [3.8, 4) is 0 Å². The van der Waals surface area contributed by atoms with Crippen LogP contribution in [0.1, 0.15) is 29.9 Å². The molecule has 0 aromatic heterocycles. The van der Waals surface area contributed by atoms with Gasteiger partial charge in [-0.2, -0.15) is 0 Å². The van der Waals surface area contributed by atoms with E-state index in [0.29, 0.717) is 5.56 Å². The lowest BCUT2D eigenvalue weighted by Gasteiger charge is -2.24. The van der Waals surface area contributed by atoms with Crippen molar-refractivity contribution in [2.24, 2.45) is 0 Å². The number of piperidine rings is 1. The van der Waals surface area contributed by atoms with E-state index < -0.39 is 17.5 Å². The first kappa shape index (κ1) is 11.5. The van der Waals surface area contributed by atoms with Crippen LogP contribution in [0.4, 0.5) is 13.2 Å². The average molecular weight is 229 g/mol. The minimum atomic E-state index is -1.37. The highest BCUT2D eigenvalue weighted by Gasteiger charge is 2.22. The fourth-order valence-electron chi connectivity index (χ4n) is 2.26. The smallest absolute Gasteiger partial charge is 0.194 e. The number of benzene rings is 1. The van der Waals surface area contributed by atoms with E-state index in [-0.39, 0.29) is 11.5 Å². The molecule has 0 saturated carbocycles. The van der Waals surface area contributed by atoms with Gasteiger partial charge in [-0.25, -0.2) is 13.2 Å². The van der Waals surface area contributed by atoms with Crippen LogP contribution in [0.3, 0.4) is 0 Å². The fourth-order valence-corrected chi connectivity index (χ4v) is 2.26. The molecule has 0 spiro atoms. The molecule has 1 heterocycles. The zero-order valence-electron chi connectivity index (χ0n) is 9.12. The van der Waals surface area contributed by atoms with Gasteiger partial charge in [0.15, 0.2) is 17.5 Å². The van der Waals surface area contributed by atoms with Gasteiger partial charge < -0.3 is 5.32 Å². The third-order valence-corrected chi connectivity index (χ3v) is 3.23. The highest BCUT2D eigenvalue weighted by atomic mass is 19.2. The van der Waals surface area contributed by atoms with Crippen LogP contribution in [0.15, 0.2) is 6.07 Å². The standard InChI is InChI=1S/C12H14F3N/c1-7-9(8-2-4-16-5-3-8)6-10(13)12(15)11(7)14/h6,8,16H,2-5H2,1H3. The molecular formula is C12H14F3N. The maximum Gasteiger partial charge on any atom is 0.194 e. The SMILES string of the molecule is Cc1c(C2CCNCC2)cc(F)c(F)c1F. The maximum absolute atomic E-state index is 13.4. The molecule has 1 N–H and O–H groups in total. The Labute approximate surface area is 92.7 Å². The lowest BCUT2D eigenvalue weighted by atomic mass is 9.87. The summed E-state index contributed by atoms with van der Waals surface area (Å²) >= 11 is 0. The molecular weight excluding hydrogens is 215 g/mol. The van der Waals surface area contributed by atoms with Crippen LogP contribution in [0, 0.1) is 24.4 Å². The average Bonchev–Trinajstić information content (AvgIpc) is 2.32. The summed E-state index contributed by atoms with van der Waals surface area (Å²) in [5.41, 5.74) is 0.851. The van der Waals surface area contributed by atoms with Crippen molar-refractivity contribution in [3.05, 3.63) is 34.6 Å². The molecule has 0 bridgehead atoms. The van der Waals surface area contributed by atoms with Crippen LogP contribution in [-0.2, 0) is 0 Å². The summed E-state index contributed by atoms with van der Waals surface area (Å²) in [6, 6.07) is 1.14. The second-order valence-corrected chi connectivity index (χ2v) is 4.22. The number of nitrogens with one attached hydrogen (secondary N) is 1. The molecule has 88 valence electrons. The van der Waals surface area contributed by atoms with Gasteiger partial charge in [-0.1, -0.05) is 0 Å². The van der Waals surface area contributed by atoms with Gasteiger partial charge in [0.1, 0.15) is 0 Å². The lowest BCUT2D eigenvalue weighted by Crippen LogP contribution is -2.27. The first-order valence-electron chi connectivity index (χ1n) is 5.46. The van der Waals surface area contributed by atoms with Crippen LogP contribution in [0.25, 0.3) is 0 Å². The summed E-state index contributed by atoms with van der Waals surface area (Å²) < 4.78 is 39.5. The predicted octanol–water partition coefficient (Wildman–Crippen LogP) is 2.88. The van der Waals surface area contributed by atoms with Gasteiger partial charge >= 0.3 is 0 Å². The Bertz CT molecular complexity index is 398. The second kappa shape index (κ2) is 4.45. The zero-order valence-corrected chi connectivity index (χ0v) is 9.12. The van der Waals surface area contributed by atoms with E-state index in [4.69, 9.17) is 0 Å². The zero-order chi connectivity index (χ0) is 11.7. The summed E-state index contributed by atoms with van der Waals surface area (Å²) in [5, 5.41) is 3.18. The van der Waals surface area contributed by atoms with Crippen LogP contribution in [-0.4, -0.2) is 13.1 Å². The Kier molecular flexibility index (Phi) is 3.19. The molecule has 2 rings (SSSR count). The molecule has 1 aliphatic rings. The van der Waals surface area contributed by atoms with Crippen LogP contribution in [0.2, 0.25) is 0 Å². The molecule has 0 unspecified atom stereocenters. The predicted molar refractivity (Wildman–Crippen MR) is 55.9 cm³/mol. The number of hydrogen-bond acceptors (Lipinski definition) is 1. The van der Waals surface area contributed by atoms with E-state index in [9.17, 15) is 13.2 Å². The monoisotopic (exact) mass is 229 g/mol.